The van der Waals surface area contributed by atoms with E-state index in [2.05, 4.69) is 10.6 Å². The number of hydrogen-bond acceptors (Lipinski definition) is 4. The maximum absolute atomic E-state index is 12.2. The molecule has 6 heteroatoms. The minimum atomic E-state index is -0.364. The first-order chi connectivity index (χ1) is 9.86. The molecular formula is C15H24N4O2. The number of carbonyl (C=O) groups is 2. The van der Waals surface area contributed by atoms with Crippen molar-refractivity contribution in [1.82, 2.24) is 10.2 Å². The predicted molar refractivity (Wildman–Crippen MR) is 84.8 cm³/mol. The van der Waals surface area contributed by atoms with E-state index < -0.39 is 0 Å². The monoisotopic (exact) mass is 292 g/mol. The van der Waals surface area contributed by atoms with Crippen molar-refractivity contribution in [3.05, 3.63) is 24.3 Å². The molecule has 1 aromatic carbocycles. The van der Waals surface area contributed by atoms with Gasteiger partial charge in [0.25, 0.3) is 0 Å². The third-order valence-corrected chi connectivity index (χ3v) is 3.52. The number of benzene rings is 1. The Morgan fingerprint density at radius 3 is 2.43 bits per heavy atom. The minimum Gasteiger partial charge on any atom is -0.397 e. The van der Waals surface area contributed by atoms with Crippen LogP contribution >= 0.6 is 0 Å². The second kappa shape index (κ2) is 7.64. The van der Waals surface area contributed by atoms with Crippen molar-refractivity contribution in [3.63, 3.8) is 0 Å². The van der Waals surface area contributed by atoms with Crippen LogP contribution in [0, 0.1) is 5.92 Å². The molecule has 6 nitrogen and oxygen atoms in total. The van der Waals surface area contributed by atoms with Crippen molar-refractivity contribution in [3.8, 4) is 0 Å². The summed E-state index contributed by atoms with van der Waals surface area (Å²) in [4.78, 5) is 25.6. The molecule has 21 heavy (non-hydrogen) atoms. The van der Waals surface area contributed by atoms with Crippen molar-refractivity contribution in [1.29, 1.82) is 0 Å². The van der Waals surface area contributed by atoms with Crippen molar-refractivity contribution in [2.24, 2.45) is 5.92 Å². The van der Waals surface area contributed by atoms with Crippen molar-refractivity contribution in [2.75, 3.05) is 31.7 Å². The Morgan fingerprint density at radius 1 is 1.24 bits per heavy atom. The number of nitrogen functional groups attached to an aromatic ring is 1. The molecule has 0 bridgehead atoms. The zero-order valence-electron chi connectivity index (χ0n) is 13.0. The van der Waals surface area contributed by atoms with Crippen molar-refractivity contribution >= 4 is 23.2 Å². The topological polar surface area (TPSA) is 87.5 Å². The third kappa shape index (κ3) is 4.75. The van der Waals surface area contributed by atoms with Gasteiger partial charge < -0.3 is 16.4 Å². The van der Waals surface area contributed by atoms with Crippen LogP contribution in [0.3, 0.4) is 0 Å². The lowest BCUT2D eigenvalue weighted by molar-refractivity contribution is -0.126. The summed E-state index contributed by atoms with van der Waals surface area (Å²) in [6, 6.07) is 6.75. The zero-order valence-corrected chi connectivity index (χ0v) is 13.0. The molecule has 2 atom stereocenters. The van der Waals surface area contributed by atoms with E-state index in [1.807, 2.05) is 31.0 Å². The van der Waals surface area contributed by atoms with Gasteiger partial charge >= 0.3 is 0 Å². The quantitative estimate of drug-likeness (QED) is 0.680. The van der Waals surface area contributed by atoms with Crippen LogP contribution in [-0.4, -0.2) is 43.4 Å². The van der Waals surface area contributed by atoms with Crippen LogP contribution in [0.25, 0.3) is 0 Å². The first kappa shape index (κ1) is 17.0. The Labute approximate surface area is 125 Å². The summed E-state index contributed by atoms with van der Waals surface area (Å²) >= 11 is 0. The van der Waals surface area contributed by atoms with Gasteiger partial charge in [-0.2, -0.15) is 0 Å². The molecule has 4 N–H and O–H groups in total. The van der Waals surface area contributed by atoms with Gasteiger partial charge in [0, 0.05) is 19.5 Å². The van der Waals surface area contributed by atoms with Gasteiger partial charge in [-0.15, -0.1) is 0 Å². The Bertz CT molecular complexity index is 504. The lowest BCUT2D eigenvalue weighted by atomic mass is 10.1. The van der Waals surface area contributed by atoms with E-state index in [1.165, 1.54) is 0 Å². The second-order valence-corrected chi connectivity index (χ2v) is 5.21. The maximum atomic E-state index is 12.2. The molecule has 1 aromatic rings. The molecule has 0 fully saturated rings. The fourth-order valence-electron chi connectivity index (χ4n) is 1.97. The fourth-order valence-corrected chi connectivity index (χ4v) is 1.97. The van der Waals surface area contributed by atoms with Crippen LogP contribution < -0.4 is 16.4 Å². The first-order valence-corrected chi connectivity index (χ1v) is 6.94. The van der Waals surface area contributed by atoms with E-state index in [-0.39, 0.29) is 23.8 Å². The van der Waals surface area contributed by atoms with E-state index in [9.17, 15) is 9.59 Å². The molecule has 0 heterocycles. The number of rotatable bonds is 6. The third-order valence-electron chi connectivity index (χ3n) is 3.52. The molecule has 1 rings (SSSR count). The highest BCUT2D eigenvalue weighted by Crippen LogP contribution is 2.17. The molecule has 0 radical (unpaired) electrons. The number of hydrogen-bond donors (Lipinski definition) is 3. The van der Waals surface area contributed by atoms with E-state index in [0.29, 0.717) is 17.9 Å². The van der Waals surface area contributed by atoms with E-state index >= 15 is 0 Å². The number of carbonyl (C=O) groups excluding carboxylic acids is 2. The van der Waals surface area contributed by atoms with Gasteiger partial charge in [0.05, 0.1) is 17.4 Å². The van der Waals surface area contributed by atoms with E-state index in [0.717, 1.165) is 0 Å². The average Bonchev–Trinajstić information content (AvgIpc) is 2.47. The summed E-state index contributed by atoms with van der Waals surface area (Å²) in [6.07, 6.45) is 0. The molecule has 0 aromatic heterocycles. The summed E-state index contributed by atoms with van der Waals surface area (Å²) < 4.78 is 0. The van der Waals surface area contributed by atoms with Crippen LogP contribution in [0.2, 0.25) is 0 Å². The van der Waals surface area contributed by atoms with Gasteiger partial charge in [0.1, 0.15) is 0 Å². The largest absolute Gasteiger partial charge is 0.397 e. The Morgan fingerprint density at radius 2 is 1.86 bits per heavy atom. The summed E-state index contributed by atoms with van der Waals surface area (Å²) in [5, 5.41) is 5.40. The number of likely N-dealkylation sites (N-methyl/N-ethyl adjacent to an activating group) is 1. The van der Waals surface area contributed by atoms with Crippen LogP contribution in [-0.2, 0) is 9.59 Å². The van der Waals surface area contributed by atoms with Gasteiger partial charge in [-0.05, 0) is 26.1 Å². The SMILES string of the molecule is CNC(=O)C(C)CN(C)C(C)C(=O)Nc1ccccc1N. The number of nitrogens with one attached hydrogen (secondary N) is 2. The van der Waals surface area contributed by atoms with Crippen molar-refractivity contribution in [2.45, 2.75) is 19.9 Å². The van der Waals surface area contributed by atoms with E-state index in [4.69, 9.17) is 5.73 Å². The van der Waals surface area contributed by atoms with Crippen molar-refractivity contribution < 1.29 is 9.59 Å². The number of para-hydroxylation sites is 2. The highest BCUT2D eigenvalue weighted by Gasteiger charge is 2.22. The summed E-state index contributed by atoms with van der Waals surface area (Å²) in [6.45, 7) is 4.12. The van der Waals surface area contributed by atoms with Gasteiger partial charge in [0.15, 0.2) is 0 Å². The fraction of sp³-hybridized carbons (Fsp3) is 0.467. The normalized spacial score (nSPS) is 13.6. The molecule has 0 aliphatic carbocycles. The molecule has 0 saturated carbocycles. The zero-order chi connectivity index (χ0) is 16.0. The Hall–Kier alpha value is -2.08. The highest BCUT2D eigenvalue weighted by atomic mass is 16.2. The van der Waals surface area contributed by atoms with Gasteiger partial charge in [-0.3, -0.25) is 14.5 Å². The molecular weight excluding hydrogens is 268 g/mol. The maximum Gasteiger partial charge on any atom is 0.241 e. The predicted octanol–water partition coefficient (Wildman–Crippen LogP) is 0.910. The molecule has 0 saturated heterocycles. The average molecular weight is 292 g/mol. The molecule has 0 spiro atoms. The Kier molecular flexibility index (Phi) is 6.17. The van der Waals surface area contributed by atoms with E-state index in [1.54, 1.807) is 26.1 Å². The minimum absolute atomic E-state index is 0.0400. The molecule has 2 amide bonds. The lowest BCUT2D eigenvalue weighted by Crippen LogP contribution is -2.44. The number of nitrogens with zero attached hydrogens (tertiary/aromatic N) is 1. The van der Waals surface area contributed by atoms with Crippen LogP contribution in [0.4, 0.5) is 11.4 Å². The van der Waals surface area contributed by atoms with Gasteiger partial charge in [0.2, 0.25) is 11.8 Å². The summed E-state index contributed by atoms with van der Waals surface area (Å²) in [5.41, 5.74) is 6.93. The highest BCUT2D eigenvalue weighted by molar-refractivity contribution is 5.97. The Balaban J connectivity index is 2.61. The lowest BCUT2D eigenvalue weighted by Gasteiger charge is -2.26. The molecule has 116 valence electrons. The smallest absolute Gasteiger partial charge is 0.241 e. The van der Waals surface area contributed by atoms with Gasteiger partial charge in [-0.25, -0.2) is 0 Å². The molecule has 0 aliphatic rings. The van der Waals surface area contributed by atoms with Gasteiger partial charge in [-0.1, -0.05) is 19.1 Å². The number of nitrogens with two attached hydrogens (primary N) is 1. The molecule has 2 unspecified atom stereocenters. The van der Waals surface area contributed by atoms with Crippen LogP contribution in [0.5, 0.6) is 0 Å². The van der Waals surface area contributed by atoms with Crippen LogP contribution in [0.1, 0.15) is 13.8 Å². The summed E-state index contributed by atoms with van der Waals surface area (Å²) in [7, 11) is 3.42. The summed E-state index contributed by atoms with van der Waals surface area (Å²) in [5.74, 6) is -0.377. The molecule has 0 aliphatic heterocycles. The number of amides is 2. The first-order valence-electron chi connectivity index (χ1n) is 6.94. The second-order valence-electron chi connectivity index (χ2n) is 5.21. The van der Waals surface area contributed by atoms with Crippen LogP contribution in [0.15, 0.2) is 24.3 Å². The standard InChI is InChI=1S/C15H24N4O2/c1-10(14(20)17-3)9-19(4)11(2)15(21)18-13-8-6-5-7-12(13)16/h5-8,10-11H,9,16H2,1-4H3,(H,17,20)(H,18,21). The number of anilines is 2.